The molecule has 1 atom stereocenters. The minimum absolute atomic E-state index is 0.0212. The minimum atomic E-state index is 0.0212. The van der Waals surface area contributed by atoms with Gasteiger partial charge in [-0.15, -0.1) is 0 Å². The Kier molecular flexibility index (Phi) is 6.38. The molecule has 2 fully saturated rings. The molecule has 0 aliphatic carbocycles. The van der Waals surface area contributed by atoms with E-state index in [0.717, 1.165) is 36.6 Å². The lowest BCUT2D eigenvalue weighted by molar-refractivity contribution is -0.143. The summed E-state index contributed by atoms with van der Waals surface area (Å²) in [7, 11) is 0. The Bertz CT molecular complexity index is 646. The molecule has 2 amide bonds. The SMILES string of the molecule is CCCC1CC(=O)N(CC(=O)N2CCN(c3ccccc3Cl)CC2)CN1. The van der Waals surface area contributed by atoms with E-state index in [1.165, 1.54) is 0 Å². The number of halogens is 1. The van der Waals surface area contributed by atoms with Crippen molar-refractivity contribution in [2.75, 3.05) is 44.3 Å². The van der Waals surface area contributed by atoms with Crippen LogP contribution in [-0.2, 0) is 9.59 Å². The molecule has 3 rings (SSSR count). The molecule has 2 saturated heterocycles. The number of carbonyl (C=O) groups excluding carboxylic acids is 2. The lowest BCUT2D eigenvalue weighted by Crippen LogP contribution is -2.56. The van der Waals surface area contributed by atoms with Gasteiger partial charge < -0.3 is 14.7 Å². The highest BCUT2D eigenvalue weighted by Gasteiger charge is 2.29. The molecule has 2 heterocycles. The standard InChI is InChI=1S/C19H27ClN4O2/c1-2-5-15-12-18(25)24(14-21-15)13-19(26)23-10-8-22(9-11-23)17-7-4-3-6-16(17)20/h3-4,6-7,15,21H,2,5,8-14H2,1H3. The summed E-state index contributed by atoms with van der Waals surface area (Å²) in [6.45, 7) is 5.55. The Morgan fingerprint density at radius 2 is 1.96 bits per heavy atom. The summed E-state index contributed by atoms with van der Waals surface area (Å²) >= 11 is 6.26. The van der Waals surface area contributed by atoms with Gasteiger partial charge >= 0.3 is 0 Å². The average Bonchev–Trinajstić information content (AvgIpc) is 2.65. The summed E-state index contributed by atoms with van der Waals surface area (Å²) in [6, 6.07) is 8.03. The van der Waals surface area contributed by atoms with Gasteiger partial charge in [-0.05, 0) is 18.6 Å². The first-order valence-electron chi connectivity index (χ1n) is 9.37. The van der Waals surface area contributed by atoms with E-state index in [1.807, 2.05) is 29.2 Å². The molecule has 142 valence electrons. The van der Waals surface area contributed by atoms with Crippen LogP contribution < -0.4 is 10.2 Å². The Balaban J connectivity index is 1.48. The summed E-state index contributed by atoms with van der Waals surface area (Å²) in [5.74, 6) is 0.0955. The number of hydrogen-bond donors (Lipinski definition) is 1. The highest BCUT2D eigenvalue weighted by Crippen LogP contribution is 2.26. The molecule has 0 aromatic heterocycles. The first kappa shape index (κ1) is 19.0. The van der Waals surface area contributed by atoms with Crippen LogP contribution in [0.25, 0.3) is 0 Å². The summed E-state index contributed by atoms with van der Waals surface area (Å²) < 4.78 is 0. The van der Waals surface area contributed by atoms with Gasteiger partial charge in [0, 0.05) is 38.6 Å². The molecule has 0 saturated carbocycles. The van der Waals surface area contributed by atoms with Crippen LogP contribution in [0.5, 0.6) is 0 Å². The fourth-order valence-corrected chi connectivity index (χ4v) is 3.86. The van der Waals surface area contributed by atoms with Gasteiger partial charge in [-0.3, -0.25) is 14.9 Å². The van der Waals surface area contributed by atoms with Crippen LogP contribution in [0.1, 0.15) is 26.2 Å². The molecule has 1 N–H and O–H groups in total. The smallest absolute Gasteiger partial charge is 0.242 e. The summed E-state index contributed by atoms with van der Waals surface area (Å²) in [6.07, 6.45) is 2.54. The first-order valence-corrected chi connectivity index (χ1v) is 9.74. The predicted molar refractivity (Wildman–Crippen MR) is 103 cm³/mol. The molecule has 2 aliphatic heterocycles. The van der Waals surface area contributed by atoms with Crippen LogP contribution >= 0.6 is 11.6 Å². The van der Waals surface area contributed by atoms with Crippen LogP contribution in [0, 0.1) is 0 Å². The third kappa shape index (κ3) is 4.48. The second-order valence-corrected chi connectivity index (χ2v) is 7.37. The van der Waals surface area contributed by atoms with Crippen LogP contribution in [0.2, 0.25) is 5.02 Å². The monoisotopic (exact) mass is 378 g/mol. The van der Waals surface area contributed by atoms with Crippen molar-refractivity contribution >= 4 is 29.1 Å². The molecule has 7 heteroatoms. The average molecular weight is 379 g/mol. The van der Waals surface area contributed by atoms with Crippen LogP contribution in [0.4, 0.5) is 5.69 Å². The van der Waals surface area contributed by atoms with Crippen LogP contribution in [0.3, 0.4) is 0 Å². The van der Waals surface area contributed by atoms with Gasteiger partial charge in [-0.2, -0.15) is 0 Å². The summed E-state index contributed by atoms with van der Waals surface area (Å²) in [5.41, 5.74) is 1.01. The van der Waals surface area contributed by atoms with E-state index in [0.29, 0.717) is 26.2 Å². The van der Waals surface area contributed by atoms with E-state index >= 15 is 0 Å². The topological polar surface area (TPSA) is 55.9 Å². The third-order valence-corrected chi connectivity index (χ3v) is 5.45. The molecular weight excluding hydrogens is 352 g/mol. The quantitative estimate of drug-likeness (QED) is 0.850. The van der Waals surface area contributed by atoms with E-state index in [1.54, 1.807) is 4.90 Å². The van der Waals surface area contributed by atoms with Gasteiger partial charge in [0.15, 0.2) is 0 Å². The summed E-state index contributed by atoms with van der Waals surface area (Å²) in [4.78, 5) is 30.5. The molecule has 6 nitrogen and oxygen atoms in total. The summed E-state index contributed by atoms with van der Waals surface area (Å²) in [5, 5.41) is 4.09. The normalized spacial score (nSPS) is 21.2. The lowest BCUT2D eigenvalue weighted by Gasteiger charge is -2.38. The van der Waals surface area contributed by atoms with Crippen LogP contribution in [0.15, 0.2) is 24.3 Å². The van der Waals surface area contributed by atoms with Crippen molar-refractivity contribution in [1.82, 2.24) is 15.1 Å². The number of para-hydroxylation sites is 1. The van der Waals surface area contributed by atoms with Gasteiger partial charge in [0.25, 0.3) is 0 Å². The third-order valence-electron chi connectivity index (χ3n) is 5.13. The molecule has 1 aromatic rings. The lowest BCUT2D eigenvalue weighted by atomic mass is 10.1. The highest BCUT2D eigenvalue weighted by atomic mass is 35.5. The second-order valence-electron chi connectivity index (χ2n) is 6.96. The Morgan fingerprint density at radius 3 is 2.62 bits per heavy atom. The van der Waals surface area contributed by atoms with E-state index in [2.05, 4.69) is 17.1 Å². The number of amides is 2. The van der Waals surface area contributed by atoms with Crippen molar-refractivity contribution in [3.05, 3.63) is 29.3 Å². The zero-order chi connectivity index (χ0) is 18.5. The number of piperazine rings is 1. The maximum atomic E-state index is 12.6. The van der Waals surface area contributed by atoms with Gasteiger partial charge in [-0.1, -0.05) is 37.1 Å². The zero-order valence-corrected chi connectivity index (χ0v) is 16.0. The van der Waals surface area contributed by atoms with Crippen molar-refractivity contribution in [2.24, 2.45) is 0 Å². The fraction of sp³-hybridized carbons (Fsp3) is 0.579. The predicted octanol–water partition coefficient (Wildman–Crippen LogP) is 1.94. The molecular formula is C19H27ClN4O2. The molecule has 0 bridgehead atoms. The molecule has 0 radical (unpaired) electrons. The van der Waals surface area contributed by atoms with Gasteiger partial charge in [-0.25, -0.2) is 0 Å². The first-order chi connectivity index (χ1) is 12.6. The van der Waals surface area contributed by atoms with Crippen molar-refractivity contribution in [2.45, 2.75) is 32.2 Å². The molecule has 26 heavy (non-hydrogen) atoms. The molecule has 1 aromatic carbocycles. The maximum absolute atomic E-state index is 12.6. The van der Waals surface area contributed by atoms with E-state index < -0.39 is 0 Å². The number of anilines is 1. The highest BCUT2D eigenvalue weighted by molar-refractivity contribution is 6.33. The van der Waals surface area contributed by atoms with Gasteiger partial charge in [0.2, 0.25) is 11.8 Å². The number of hydrogen-bond acceptors (Lipinski definition) is 4. The van der Waals surface area contributed by atoms with E-state index in [4.69, 9.17) is 11.6 Å². The number of rotatable bonds is 5. The number of benzene rings is 1. The Labute approximate surface area is 160 Å². The second kappa shape index (κ2) is 8.73. The number of nitrogens with zero attached hydrogens (tertiary/aromatic N) is 3. The van der Waals surface area contributed by atoms with Crippen LogP contribution in [-0.4, -0.2) is 67.0 Å². The Morgan fingerprint density at radius 1 is 1.23 bits per heavy atom. The molecule has 1 unspecified atom stereocenters. The minimum Gasteiger partial charge on any atom is -0.367 e. The van der Waals surface area contributed by atoms with Crippen molar-refractivity contribution in [1.29, 1.82) is 0 Å². The van der Waals surface area contributed by atoms with E-state index in [-0.39, 0.29) is 24.4 Å². The van der Waals surface area contributed by atoms with E-state index in [9.17, 15) is 9.59 Å². The van der Waals surface area contributed by atoms with Gasteiger partial charge in [0.1, 0.15) is 6.54 Å². The largest absolute Gasteiger partial charge is 0.367 e. The van der Waals surface area contributed by atoms with Crippen molar-refractivity contribution < 1.29 is 9.59 Å². The molecule has 0 spiro atoms. The zero-order valence-electron chi connectivity index (χ0n) is 15.3. The van der Waals surface area contributed by atoms with Crippen molar-refractivity contribution in [3.63, 3.8) is 0 Å². The Hall–Kier alpha value is -1.79. The maximum Gasteiger partial charge on any atom is 0.242 e. The fourth-order valence-electron chi connectivity index (χ4n) is 3.60. The molecule has 2 aliphatic rings. The number of nitrogens with one attached hydrogen (secondary N) is 1. The number of carbonyl (C=O) groups is 2. The van der Waals surface area contributed by atoms with Gasteiger partial charge in [0.05, 0.1) is 17.4 Å². The van der Waals surface area contributed by atoms with Crippen molar-refractivity contribution in [3.8, 4) is 0 Å².